The molecule has 4 atom stereocenters. The minimum atomic E-state index is -0.463. The van der Waals surface area contributed by atoms with E-state index >= 15 is 0 Å². The fourth-order valence-electron chi connectivity index (χ4n) is 5.41. The van der Waals surface area contributed by atoms with Gasteiger partial charge in [0.1, 0.15) is 5.00 Å². The molecule has 2 heterocycles. The van der Waals surface area contributed by atoms with Crippen LogP contribution in [-0.2, 0) is 19.1 Å². The molecule has 1 N–H and O–H groups in total. The Kier molecular flexibility index (Phi) is 5.92. The first-order valence-corrected chi connectivity index (χ1v) is 12.5. The second-order valence-corrected chi connectivity index (χ2v) is 10.4. The fourth-order valence-corrected chi connectivity index (χ4v) is 6.47. The van der Waals surface area contributed by atoms with Crippen molar-refractivity contribution >= 4 is 51.8 Å². The van der Waals surface area contributed by atoms with Crippen molar-refractivity contribution in [3.05, 3.63) is 64.1 Å². The summed E-state index contributed by atoms with van der Waals surface area (Å²) in [7, 11) is 0. The lowest BCUT2D eigenvalue weighted by atomic mass is 9.85. The van der Waals surface area contributed by atoms with Gasteiger partial charge >= 0.3 is 5.97 Å². The number of nitrogens with zero attached hydrogens (tertiary/aromatic N) is 1. The molecule has 7 nitrogen and oxygen atoms in total. The van der Waals surface area contributed by atoms with Gasteiger partial charge in [0.25, 0.3) is 0 Å². The Hall–Kier alpha value is -3.52. The van der Waals surface area contributed by atoms with E-state index < -0.39 is 11.9 Å². The number of allylic oxidation sites excluding steroid dienone is 2. The Morgan fingerprint density at radius 2 is 1.83 bits per heavy atom. The SMILES string of the molecule is CCOC(=O)c1c(NC(=O)/C=C/c2cccc(N3C(=O)[C@@H]4[C@H](C3=O)[C@H]3C=C[C@H]4C3)c2)sc(C)c1C. The summed E-state index contributed by atoms with van der Waals surface area (Å²) in [6.07, 6.45) is 8.02. The van der Waals surface area contributed by atoms with Crippen LogP contribution in [-0.4, -0.2) is 30.3 Å². The number of anilines is 2. The molecule has 1 aromatic carbocycles. The minimum Gasteiger partial charge on any atom is -0.462 e. The molecule has 2 aromatic rings. The van der Waals surface area contributed by atoms with Crippen LogP contribution in [0.3, 0.4) is 0 Å². The summed E-state index contributed by atoms with van der Waals surface area (Å²) in [5.41, 5.74) is 2.36. The maximum Gasteiger partial charge on any atom is 0.341 e. The van der Waals surface area contributed by atoms with Gasteiger partial charge in [-0.25, -0.2) is 9.69 Å². The highest BCUT2D eigenvalue weighted by molar-refractivity contribution is 7.16. The average molecular weight is 491 g/mol. The third-order valence-electron chi connectivity index (χ3n) is 7.13. The van der Waals surface area contributed by atoms with Gasteiger partial charge in [-0.1, -0.05) is 24.3 Å². The summed E-state index contributed by atoms with van der Waals surface area (Å²) in [5.74, 6) is -1.33. The van der Waals surface area contributed by atoms with Crippen LogP contribution in [0.5, 0.6) is 0 Å². The maximum atomic E-state index is 13.1. The standard InChI is InChI=1S/C27H26N2O5S/c1-4-34-27(33)21-14(2)15(3)35-24(21)28-20(30)11-8-16-6-5-7-19(12-16)29-25(31)22-17-9-10-18(13-17)23(22)26(29)32/h5-12,17-18,22-23H,4,13H2,1-3H3,(H,28,30)/b11-8+/t17-,18-,22-,23+/m0/s1. The molecule has 5 rings (SSSR count). The molecule has 3 amide bonds. The van der Waals surface area contributed by atoms with Gasteiger partial charge in [-0.05, 0) is 68.4 Å². The van der Waals surface area contributed by atoms with Crippen LogP contribution in [0.1, 0.15) is 39.7 Å². The van der Waals surface area contributed by atoms with Gasteiger partial charge in [0.05, 0.1) is 29.7 Å². The highest BCUT2D eigenvalue weighted by atomic mass is 32.1. The summed E-state index contributed by atoms with van der Waals surface area (Å²) in [5, 5.41) is 3.22. The highest BCUT2D eigenvalue weighted by Gasteiger charge is 2.59. The number of benzene rings is 1. The van der Waals surface area contributed by atoms with Crippen LogP contribution >= 0.6 is 11.3 Å². The average Bonchev–Trinajstić information content (AvgIpc) is 3.56. The number of ether oxygens (including phenoxy) is 1. The summed E-state index contributed by atoms with van der Waals surface area (Å²) in [6, 6.07) is 7.04. The predicted octanol–water partition coefficient (Wildman–Crippen LogP) is 4.51. The topological polar surface area (TPSA) is 92.8 Å². The molecule has 2 aliphatic carbocycles. The van der Waals surface area contributed by atoms with Crippen molar-refractivity contribution in [1.29, 1.82) is 0 Å². The lowest BCUT2D eigenvalue weighted by molar-refractivity contribution is -0.123. The van der Waals surface area contributed by atoms with E-state index in [9.17, 15) is 19.2 Å². The zero-order valence-electron chi connectivity index (χ0n) is 19.7. The van der Waals surface area contributed by atoms with Gasteiger partial charge in [0.2, 0.25) is 17.7 Å². The lowest BCUT2D eigenvalue weighted by Crippen LogP contribution is -2.32. The number of hydrogen-bond acceptors (Lipinski definition) is 6. The molecule has 1 saturated carbocycles. The molecule has 0 radical (unpaired) electrons. The molecule has 8 heteroatoms. The van der Waals surface area contributed by atoms with Gasteiger partial charge in [-0.3, -0.25) is 14.4 Å². The Balaban J connectivity index is 1.32. The first-order chi connectivity index (χ1) is 16.8. The van der Waals surface area contributed by atoms with Crippen molar-refractivity contribution < 1.29 is 23.9 Å². The number of esters is 1. The van der Waals surface area contributed by atoms with Crippen molar-refractivity contribution in [1.82, 2.24) is 0 Å². The molecule has 1 aliphatic heterocycles. The van der Waals surface area contributed by atoms with E-state index in [2.05, 4.69) is 17.5 Å². The second-order valence-electron chi connectivity index (χ2n) is 9.14. The number of imide groups is 1. The Morgan fingerprint density at radius 1 is 1.14 bits per heavy atom. The largest absolute Gasteiger partial charge is 0.462 e. The Labute approximate surface area is 207 Å². The molecule has 3 aliphatic rings. The summed E-state index contributed by atoms with van der Waals surface area (Å²) in [4.78, 5) is 53.4. The van der Waals surface area contributed by atoms with Gasteiger partial charge < -0.3 is 10.1 Å². The van der Waals surface area contributed by atoms with E-state index in [-0.39, 0.29) is 42.1 Å². The highest BCUT2D eigenvalue weighted by Crippen LogP contribution is 2.53. The quantitative estimate of drug-likeness (QED) is 0.278. The maximum absolute atomic E-state index is 13.1. The number of amides is 3. The normalized spacial score (nSPS) is 24.5. The third-order valence-corrected chi connectivity index (χ3v) is 8.25. The molecule has 2 fully saturated rings. The molecule has 1 saturated heterocycles. The van der Waals surface area contributed by atoms with Crippen LogP contribution in [0.15, 0.2) is 42.5 Å². The summed E-state index contributed by atoms with van der Waals surface area (Å²) in [6.45, 7) is 5.69. The van der Waals surface area contributed by atoms with Crippen molar-refractivity contribution in [2.45, 2.75) is 27.2 Å². The molecular weight excluding hydrogens is 464 g/mol. The van der Waals surface area contributed by atoms with Gasteiger partial charge in [0, 0.05) is 11.0 Å². The second kappa shape index (κ2) is 8.92. The van der Waals surface area contributed by atoms with E-state index in [1.54, 1.807) is 37.3 Å². The third kappa shape index (κ3) is 3.91. The van der Waals surface area contributed by atoms with Gasteiger partial charge in [-0.15, -0.1) is 11.3 Å². The van der Waals surface area contributed by atoms with E-state index in [4.69, 9.17) is 4.74 Å². The van der Waals surface area contributed by atoms with Crippen molar-refractivity contribution in [3.8, 4) is 0 Å². The minimum absolute atomic E-state index is 0.134. The molecule has 35 heavy (non-hydrogen) atoms. The first kappa shape index (κ1) is 23.2. The van der Waals surface area contributed by atoms with Crippen molar-refractivity contribution in [2.75, 3.05) is 16.8 Å². The van der Waals surface area contributed by atoms with Crippen LogP contribution in [0.25, 0.3) is 6.08 Å². The zero-order chi connectivity index (χ0) is 24.9. The number of rotatable bonds is 6. The Bertz CT molecular complexity index is 1280. The number of carbonyl (C=O) groups excluding carboxylic acids is 4. The molecule has 0 spiro atoms. The van der Waals surface area contributed by atoms with Crippen LogP contribution in [0, 0.1) is 37.5 Å². The molecule has 180 valence electrons. The van der Waals surface area contributed by atoms with Crippen LogP contribution in [0.2, 0.25) is 0 Å². The van der Waals surface area contributed by atoms with E-state index in [0.29, 0.717) is 21.8 Å². The van der Waals surface area contributed by atoms with E-state index in [0.717, 1.165) is 16.9 Å². The van der Waals surface area contributed by atoms with Crippen LogP contribution < -0.4 is 10.2 Å². The molecule has 1 aromatic heterocycles. The van der Waals surface area contributed by atoms with E-state index in [1.165, 1.54) is 22.3 Å². The number of fused-ring (bicyclic) bond motifs is 5. The number of thiophene rings is 1. The van der Waals surface area contributed by atoms with Crippen LogP contribution in [0.4, 0.5) is 10.7 Å². The number of hydrogen-bond donors (Lipinski definition) is 1. The number of nitrogens with one attached hydrogen (secondary N) is 1. The summed E-state index contributed by atoms with van der Waals surface area (Å²) >= 11 is 1.32. The Morgan fingerprint density at radius 3 is 2.49 bits per heavy atom. The van der Waals surface area contributed by atoms with Crippen molar-refractivity contribution in [2.24, 2.45) is 23.7 Å². The fraction of sp³-hybridized carbons (Fsp3) is 0.333. The molecule has 0 unspecified atom stereocenters. The number of carbonyl (C=O) groups is 4. The molecular formula is C27H26N2O5S. The zero-order valence-corrected chi connectivity index (χ0v) is 20.6. The lowest BCUT2D eigenvalue weighted by Gasteiger charge is -2.17. The van der Waals surface area contributed by atoms with E-state index in [1.807, 2.05) is 13.8 Å². The molecule has 2 bridgehead atoms. The summed E-state index contributed by atoms with van der Waals surface area (Å²) < 4.78 is 5.13. The number of aryl methyl sites for hydroxylation is 1. The van der Waals surface area contributed by atoms with Crippen molar-refractivity contribution in [3.63, 3.8) is 0 Å². The predicted molar refractivity (Wildman–Crippen MR) is 134 cm³/mol. The monoisotopic (exact) mass is 490 g/mol. The first-order valence-electron chi connectivity index (χ1n) is 11.7. The van der Waals surface area contributed by atoms with Gasteiger partial charge in [0.15, 0.2) is 0 Å². The van der Waals surface area contributed by atoms with Gasteiger partial charge in [-0.2, -0.15) is 0 Å². The smallest absolute Gasteiger partial charge is 0.341 e.